The van der Waals surface area contributed by atoms with Gasteiger partial charge in [-0.2, -0.15) is 0 Å². The smallest absolute Gasteiger partial charge is 0.317 e. The standard InChI is InChI=1S/C16H23NO4/c1-3-8-17(11-16(20)21)10-14-9-13(5-4-12(2)18)6-7-15(14)19/h6-7,9,19H,3-5,8,10-11H2,1-2H3,(H,20,21). The van der Waals surface area contributed by atoms with Crippen molar-refractivity contribution in [3.8, 4) is 5.75 Å². The Bertz CT molecular complexity index is 499. The normalized spacial score (nSPS) is 10.8. The number of hydrogen-bond acceptors (Lipinski definition) is 4. The van der Waals surface area contributed by atoms with Crippen LogP contribution < -0.4 is 0 Å². The van der Waals surface area contributed by atoms with Crippen molar-refractivity contribution < 1.29 is 19.8 Å². The van der Waals surface area contributed by atoms with Gasteiger partial charge in [0.25, 0.3) is 0 Å². The number of carbonyl (C=O) groups is 2. The van der Waals surface area contributed by atoms with Gasteiger partial charge < -0.3 is 15.0 Å². The van der Waals surface area contributed by atoms with Gasteiger partial charge in [-0.05, 0) is 37.9 Å². The van der Waals surface area contributed by atoms with E-state index in [1.165, 1.54) is 0 Å². The molecule has 0 heterocycles. The summed E-state index contributed by atoms with van der Waals surface area (Å²) in [6.07, 6.45) is 1.95. The quantitative estimate of drug-likeness (QED) is 0.730. The molecule has 0 saturated heterocycles. The van der Waals surface area contributed by atoms with E-state index in [0.29, 0.717) is 31.5 Å². The van der Waals surface area contributed by atoms with Crippen LogP contribution in [-0.2, 0) is 22.6 Å². The number of phenolic OH excluding ortho intramolecular Hbond substituents is 1. The number of carboxylic acid groups (broad SMARTS) is 1. The molecule has 0 saturated carbocycles. The second kappa shape index (κ2) is 8.42. The zero-order chi connectivity index (χ0) is 15.8. The lowest BCUT2D eigenvalue weighted by atomic mass is 10.0. The van der Waals surface area contributed by atoms with E-state index in [0.717, 1.165) is 12.0 Å². The lowest BCUT2D eigenvalue weighted by molar-refractivity contribution is -0.138. The summed E-state index contributed by atoms with van der Waals surface area (Å²) in [7, 11) is 0. The van der Waals surface area contributed by atoms with Crippen molar-refractivity contribution >= 4 is 11.8 Å². The van der Waals surface area contributed by atoms with Crippen molar-refractivity contribution in [3.63, 3.8) is 0 Å². The van der Waals surface area contributed by atoms with Gasteiger partial charge in [0.15, 0.2) is 0 Å². The highest BCUT2D eigenvalue weighted by Crippen LogP contribution is 2.21. The Labute approximate surface area is 125 Å². The molecule has 0 unspecified atom stereocenters. The van der Waals surface area contributed by atoms with Gasteiger partial charge in [0.05, 0.1) is 6.54 Å². The molecule has 0 spiro atoms. The number of benzene rings is 1. The molecule has 0 atom stereocenters. The SMILES string of the molecule is CCCN(CC(=O)O)Cc1cc(CCC(C)=O)ccc1O. The molecule has 1 rings (SSSR count). The maximum atomic E-state index is 11.0. The minimum atomic E-state index is -0.879. The van der Waals surface area contributed by atoms with Gasteiger partial charge in [-0.25, -0.2) is 0 Å². The van der Waals surface area contributed by atoms with E-state index in [1.54, 1.807) is 24.0 Å². The number of phenols is 1. The first kappa shape index (κ1) is 17.2. The van der Waals surface area contributed by atoms with Crippen LogP contribution in [0.25, 0.3) is 0 Å². The third-order valence-corrected chi connectivity index (χ3v) is 3.20. The van der Waals surface area contributed by atoms with E-state index < -0.39 is 5.97 Å². The van der Waals surface area contributed by atoms with Crippen molar-refractivity contribution in [1.29, 1.82) is 0 Å². The average molecular weight is 293 g/mol. The predicted octanol–water partition coefficient (Wildman–Crippen LogP) is 2.21. The molecule has 5 nitrogen and oxygen atoms in total. The molecule has 1 aromatic rings. The van der Waals surface area contributed by atoms with Gasteiger partial charge in [0.1, 0.15) is 11.5 Å². The predicted molar refractivity (Wildman–Crippen MR) is 80.3 cm³/mol. The highest BCUT2D eigenvalue weighted by Gasteiger charge is 2.12. The van der Waals surface area contributed by atoms with Crippen LogP contribution in [0.3, 0.4) is 0 Å². The van der Waals surface area contributed by atoms with Gasteiger partial charge in [-0.15, -0.1) is 0 Å². The van der Waals surface area contributed by atoms with Gasteiger partial charge in [-0.1, -0.05) is 19.1 Å². The fraction of sp³-hybridized carbons (Fsp3) is 0.500. The number of Topliss-reactive ketones (excluding diaryl/α,β-unsaturated/α-hetero) is 1. The Kier molecular flexibility index (Phi) is 6.88. The molecule has 0 amide bonds. The third kappa shape index (κ3) is 6.40. The maximum Gasteiger partial charge on any atom is 0.317 e. The third-order valence-electron chi connectivity index (χ3n) is 3.20. The van der Waals surface area contributed by atoms with Gasteiger partial charge in [0.2, 0.25) is 0 Å². The molecule has 1 aromatic carbocycles. The van der Waals surface area contributed by atoms with E-state index in [2.05, 4.69) is 0 Å². The maximum absolute atomic E-state index is 11.0. The summed E-state index contributed by atoms with van der Waals surface area (Å²) in [5, 5.41) is 18.8. The zero-order valence-electron chi connectivity index (χ0n) is 12.6. The molecule has 0 aliphatic rings. The van der Waals surface area contributed by atoms with Crippen LogP contribution in [0.5, 0.6) is 5.75 Å². The second-order valence-electron chi connectivity index (χ2n) is 5.27. The summed E-state index contributed by atoms with van der Waals surface area (Å²) >= 11 is 0. The van der Waals surface area contributed by atoms with Crippen LogP contribution in [0.4, 0.5) is 0 Å². The number of aromatic hydroxyl groups is 1. The highest BCUT2D eigenvalue weighted by atomic mass is 16.4. The number of carbonyl (C=O) groups excluding carboxylic acids is 1. The van der Waals surface area contributed by atoms with Crippen LogP contribution in [-0.4, -0.2) is 40.0 Å². The van der Waals surface area contributed by atoms with Crippen LogP contribution in [0.1, 0.15) is 37.8 Å². The van der Waals surface area contributed by atoms with Crippen molar-refractivity contribution in [2.75, 3.05) is 13.1 Å². The Morgan fingerprint density at radius 3 is 2.57 bits per heavy atom. The van der Waals surface area contributed by atoms with Crippen LogP contribution in [0.2, 0.25) is 0 Å². The summed E-state index contributed by atoms with van der Waals surface area (Å²) < 4.78 is 0. The number of nitrogens with zero attached hydrogens (tertiary/aromatic N) is 1. The van der Waals surface area contributed by atoms with E-state index in [-0.39, 0.29) is 18.1 Å². The van der Waals surface area contributed by atoms with Crippen LogP contribution in [0, 0.1) is 0 Å². The summed E-state index contributed by atoms with van der Waals surface area (Å²) in [5.74, 6) is -0.591. The van der Waals surface area contributed by atoms with Crippen molar-refractivity contribution in [1.82, 2.24) is 4.90 Å². The van der Waals surface area contributed by atoms with E-state index in [4.69, 9.17) is 5.11 Å². The van der Waals surface area contributed by atoms with Gasteiger partial charge in [0, 0.05) is 18.5 Å². The summed E-state index contributed by atoms with van der Waals surface area (Å²) in [5.41, 5.74) is 1.68. The molecule has 21 heavy (non-hydrogen) atoms. The molecule has 0 bridgehead atoms. The Balaban J connectivity index is 2.81. The first-order valence-electron chi connectivity index (χ1n) is 7.16. The second-order valence-corrected chi connectivity index (χ2v) is 5.27. The molecule has 0 aliphatic heterocycles. The molecule has 0 aliphatic carbocycles. The van der Waals surface area contributed by atoms with E-state index in [1.807, 2.05) is 13.0 Å². The minimum absolute atomic E-state index is 0.0506. The van der Waals surface area contributed by atoms with Gasteiger partial charge >= 0.3 is 5.97 Å². The minimum Gasteiger partial charge on any atom is -0.508 e. The fourth-order valence-electron chi connectivity index (χ4n) is 2.20. The molecule has 0 radical (unpaired) electrons. The largest absolute Gasteiger partial charge is 0.508 e. The van der Waals surface area contributed by atoms with Crippen LogP contribution in [0.15, 0.2) is 18.2 Å². The summed E-state index contributed by atoms with van der Waals surface area (Å²) in [4.78, 5) is 23.7. The lowest BCUT2D eigenvalue weighted by Gasteiger charge is -2.20. The van der Waals surface area contributed by atoms with Crippen molar-refractivity contribution in [3.05, 3.63) is 29.3 Å². The Hall–Kier alpha value is -1.88. The monoisotopic (exact) mass is 293 g/mol. The number of ketones is 1. The number of aliphatic carboxylic acids is 1. The molecular weight excluding hydrogens is 270 g/mol. The molecule has 116 valence electrons. The molecule has 0 aromatic heterocycles. The summed E-state index contributed by atoms with van der Waals surface area (Å²) in [6.45, 7) is 4.53. The Morgan fingerprint density at radius 1 is 1.29 bits per heavy atom. The van der Waals surface area contributed by atoms with Gasteiger partial charge in [-0.3, -0.25) is 9.69 Å². The number of carboxylic acids is 1. The first-order valence-corrected chi connectivity index (χ1v) is 7.16. The zero-order valence-corrected chi connectivity index (χ0v) is 12.6. The molecule has 5 heteroatoms. The van der Waals surface area contributed by atoms with Crippen molar-refractivity contribution in [2.24, 2.45) is 0 Å². The lowest BCUT2D eigenvalue weighted by Crippen LogP contribution is -2.30. The molecular formula is C16H23NO4. The molecule has 2 N–H and O–H groups in total. The highest BCUT2D eigenvalue weighted by molar-refractivity contribution is 5.75. The average Bonchev–Trinajstić information content (AvgIpc) is 2.39. The first-order chi connectivity index (χ1) is 9.92. The topological polar surface area (TPSA) is 77.8 Å². The van der Waals surface area contributed by atoms with E-state index in [9.17, 15) is 14.7 Å². The Morgan fingerprint density at radius 2 is 2.00 bits per heavy atom. The van der Waals surface area contributed by atoms with Crippen molar-refractivity contribution in [2.45, 2.75) is 39.7 Å². The van der Waals surface area contributed by atoms with E-state index >= 15 is 0 Å². The summed E-state index contributed by atoms with van der Waals surface area (Å²) in [6, 6.07) is 5.25. The fourth-order valence-corrected chi connectivity index (χ4v) is 2.20. The number of rotatable bonds is 9. The molecule has 0 fully saturated rings. The number of hydrogen-bond donors (Lipinski definition) is 2. The van der Waals surface area contributed by atoms with Crippen LogP contribution >= 0.6 is 0 Å². The number of aryl methyl sites for hydroxylation is 1.